The SMILES string of the molecule is CCC(C)(C)C(=O)OC(C)C(F)(F)S(=O)(=O)[O-].CCC(C)(C)C(=O)OC1(C)CCc2cc(F)ccc21.CCC(C)(C)C(=O)OC1C2CC3C(=O)OC1C3O2.CCC(C)(C)C(=O)OC1Cc2ccc(O)cc2C1.c1ccc([S+](c2ccccc2)c2ccccc2)cc1. The number of hydrogen-bond acceptors (Lipinski definition) is 15. The highest BCUT2D eigenvalue weighted by Gasteiger charge is 2.65. The predicted molar refractivity (Wildman–Crippen MR) is 338 cm³/mol. The molecule has 3 heterocycles. The first-order chi connectivity index (χ1) is 42.4. The molecular formula is C71H89F3O15S2. The van der Waals surface area contributed by atoms with Gasteiger partial charge >= 0.3 is 35.1 Å². The normalized spacial score (nSPS) is 21.5. The van der Waals surface area contributed by atoms with Crippen LogP contribution in [0, 0.1) is 33.4 Å². The monoisotopic (exact) mass is 1300 g/mol. The summed E-state index contributed by atoms with van der Waals surface area (Å²) < 4.78 is 102. The van der Waals surface area contributed by atoms with Gasteiger partial charge in [0.05, 0.1) is 44.6 Å². The Bertz CT molecular complexity index is 3340. The minimum Gasteiger partial charge on any atom is -0.743 e. The van der Waals surface area contributed by atoms with Gasteiger partial charge in [0.2, 0.25) is 0 Å². The molecule has 2 aliphatic carbocycles. The average molecular weight is 1300 g/mol. The molecule has 0 spiro atoms. The molecule has 8 unspecified atom stereocenters. The standard InChI is InChI=1S/C18H15S.C16H21FO2.C15H20O3.C13H18O5.C9H16F2O5S/c1-4-10-16(11-5-1)19(17-12-6-2-7-13-17)18-14-8-3-9-15-18;1-5-15(2,3)14(18)19-16(4)9-8-11-10-12(17)6-7-13(11)16;1-4-15(2,3)14(17)18-13-8-10-5-6-12(16)7-11(10)9-13;1-4-13(2,3)12(15)18-9-7-5-6-8(16-7)10(9)17-11(6)14;1-5-8(3,4)7(12)16-6(2)9(10,11)17(13,14)15/h1-15H;6-7,10H,5,8-9H2,1-4H3;5-7,13,16H,4,8-9H2,1-3H3;6-10H,4-5H2,1-3H3;6H,5H2,1-4H3,(H,13,14,15)/q+1;;;;/p-1. The van der Waals surface area contributed by atoms with Gasteiger partial charge in [0.25, 0.3) is 0 Å². The minimum atomic E-state index is -5.86. The van der Waals surface area contributed by atoms with Gasteiger partial charge in [0.15, 0.2) is 43.1 Å². The molecule has 5 aromatic rings. The van der Waals surface area contributed by atoms with Crippen LogP contribution in [-0.4, -0.2) is 89.8 Å². The Morgan fingerprint density at radius 2 is 1.13 bits per heavy atom. The summed E-state index contributed by atoms with van der Waals surface area (Å²) in [6, 6.07) is 42.2. The lowest BCUT2D eigenvalue weighted by atomic mass is 9.87. The van der Waals surface area contributed by atoms with E-state index in [9.17, 15) is 55.2 Å². The van der Waals surface area contributed by atoms with E-state index in [-0.39, 0.29) is 70.6 Å². The van der Waals surface area contributed by atoms with E-state index in [2.05, 4.69) is 95.7 Å². The van der Waals surface area contributed by atoms with Crippen LogP contribution in [0.25, 0.3) is 0 Å². The summed E-state index contributed by atoms with van der Waals surface area (Å²) in [6.45, 7) is 24.4. The Labute approximate surface area is 537 Å². The first-order valence-electron chi connectivity index (χ1n) is 31.0. The molecule has 20 heteroatoms. The Morgan fingerprint density at radius 1 is 0.659 bits per heavy atom. The second-order valence-corrected chi connectivity index (χ2v) is 29.8. The fourth-order valence-electron chi connectivity index (χ4n) is 10.1. The summed E-state index contributed by atoms with van der Waals surface area (Å²) in [6.07, 6.45) is 2.50. The molecule has 10 rings (SSSR count). The summed E-state index contributed by atoms with van der Waals surface area (Å²) in [7, 11) is -5.87. The van der Waals surface area contributed by atoms with Crippen LogP contribution < -0.4 is 0 Å². The lowest BCUT2D eigenvalue weighted by molar-refractivity contribution is -0.170. The van der Waals surface area contributed by atoms with Crippen molar-refractivity contribution >= 4 is 50.9 Å². The van der Waals surface area contributed by atoms with Crippen molar-refractivity contribution in [2.45, 2.75) is 217 Å². The molecule has 3 fully saturated rings. The zero-order chi connectivity index (χ0) is 67.7. The number of benzene rings is 5. The molecule has 5 aliphatic rings. The van der Waals surface area contributed by atoms with Crippen LogP contribution in [-0.2, 0) is 98.3 Å². The highest BCUT2D eigenvalue weighted by atomic mass is 32.2. The highest BCUT2D eigenvalue weighted by molar-refractivity contribution is 7.97. The third-order valence-corrected chi connectivity index (χ3v) is 21.2. The number of halogens is 3. The third kappa shape index (κ3) is 17.9. The molecule has 8 atom stereocenters. The average Bonchev–Trinajstić information content (AvgIpc) is 1.58. The molecule has 0 radical (unpaired) electrons. The van der Waals surface area contributed by atoms with E-state index in [1.54, 1.807) is 31.2 Å². The quantitative estimate of drug-likeness (QED) is 0.0396. The Balaban J connectivity index is 0.000000181. The van der Waals surface area contributed by atoms with E-state index >= 15 is 0 Å². The Kier molecular flexibility index (Phi) is 24.1. The van der Waals surface area contributed by atoms with E-state index in [0.717, 1.165) is 48.8 Å². The van der Waals surface area contributed by atoms with E-state index in [1.807, 2.05) is 75.3 Å². The predicted octanol–water partition coefficient (Wildman–Crippen LogP) is 14.1. The number of phenolic OH excluding ortho intramolecular Hbond substituents is 1. The van der Waals surface area contributed by atoms with Crippen molar-refractivity contribution in [3.05, 3.63) is 155 Å². The number of alkyl halides is 2. The van der Waals surface area contributed by atoms with Gasteiger partial charge in [-0.25, -0.2) is 12.8 Å². The number of hydrogen-bond donors (Lipinski definition) is 1. The van der Waals surface area contributed by atoms with Gasteiger partial charge in [0, 0.05) is 12.8 Å². The first-order valence-corrected chi connectivity index (χ1v) is 33.6. The minimum absolute atomic E-state index is 0.0146. The third-order valence-electron chi connectivity index (χ3n) is 18.0. The van der Waals surface area contributed by atoms with Crippen LogP contribution in [0.15, 0.2) is 142 Å². The molecule has 1 N–H and O–H groups in total. The molecule has 15 nitrogen and oxygen atoms in total. The topological polar surface area (TPSA) is 218 Å². The number of carbonyl (C=O) groups excluding carboxylic acids is 5. The molecule has 0 aromatic heterocycles. The summed E-state index contributed by atoms with van der Waals surface area (Å²) in [5, 5.41) is 4.79. The number of rotatable bonds is 17. The molecule has 2 bridgehead atoms. The molecular weight excluding hydrogens is 1210 g/mol. The van der Waals surface area contributed by atoms with Crippen molar-refractivity contribution in [2.24, 2.45) is 27.6 Å². The molecule has 0 saturated carbocycles. The number of esters is 5. The van der Waals surface area contributed by atoms with Crippen LogP contribution in [0.3, 0.4) is 0 Å². The van der Waals surface area contributed by atoms with Gasteiger partial charge in [-0.15, -0.1) is 0 Å². The van der Waals surface area contributed by atoms with Gasteiger partial charge in [-0.1, -0.05) is 94.4 Å². The van der Waals surface area contributed by atoms with E-state index < -0.39 is 66.9 Å². The number of aryl methyl sites for hydroxylation is 1. The van der Waals surface area contributed by atoms with Crippen LogP contribution in [0.4, 0.5) is 13.2 Å². The Hall–Kier alpha value is -6.74. The Morgan fingerprint density at radius 3 is 1.63 bits per heavy atom. The summed E-state index contributed by atoms with van der Waals surface area (Å²) in [5.41, 5.74) is 1.09. The molecule has 0 amide bonds. The maximum absolute atomic E-state index is 13.2. The fourth-order valence-corrected chi connectivity index (χ4v) is 12.7. The van der Waals surface area contributed by atoms with Gasteiger partial charge in [-0.05, 0) is 197 Å². The number of carbonyl (C=O) groups is 5. The molecule has 496 valence electrons. The van der Waals surface area contributed by atoms with Crippen molar-refractivity contribution in [3.8, 4) is 5.75 Å². The number of fused-ring (bicyclic) bond motifs is 3. The van der Waals surface area contributed by atoms with E-state index in [1.165, 1.54) is 40.2 Å². The molecule has 3 saturated heterocycles. The smallest absolute Gasteiger partial charge is 0.369 e. The van der Waals surface area contributed by atoms with Gasteiger partial charge < -0.3 is 38.1 Å². The second-order valence-electron chi connectivity index (χ2n) is 26.3. The number of ether oxygens (including phenoxy) is 6. The summed E-state index contributed by atoms with van der Waals surface area (Å²) in [4.78, 5) is 63.3. The van der Waals surface area contributed by atoms with Crippen LogP contribution in [0.5, 0.6) is 5.75 Å². The summed E-state index contributed by atoms with van der Waals surface area (Å²) >= 11 is 0. The van der Waals surface area contributed by atoms with Crippen LogP contribution in [0.2, 0.25) is 0 Å². The van der Waals surface area contributed by atoms with Gasteiger partial charge in [0.1, 0.15) is 29.4 Å². The molecule has 3 aliphatic heterocycles. The highest BCUT2D eigenvalue weighted by Crippen LogP contribution is 2.48. The van der Waals surface area contributed by atoms with E-state index in [4.69, 9.17) is 23.7 Å². The van der Waals surface area contributed by atoms with Crippen molar-refractivity contribution in [3.63, 3.8) is 0 Å². The maximum atomic E-state index is 13.2. The van der Waals surface area contributed by atoms with Crippen molar-refractivity contribution in [1.29, 1.82) is 0 Å². The fraction of sp³-hybridized carbons (Fsp3) is 0.507. The van der Waals surface area contributed by atoms with E-state index in [0.29, 0.717) is 32.6 Å². The van der Waals surface area contributed by atoms with Gasteiger partial charge in [-0.3, -0.25) is 24.0 Å². The molecule has 5 aromatic carbocycles. The van der Waals surface area contributed by atoms with Crippen molar-refractivity contribution < 1.29 is 83.6 Å². The van der Waals surface area contributed by atoms with Crippen LogP contribution in [0.1, 0.15) is 158 Å². The zero-order valence-electron chi connectivity index (χ0n) is 54.6. The lowest BCUT2D eigenvalue weighted by Gasteiger charge is -2.31. The lowest BCUT2D eigenvalue weighted by Crippen LogP contribution is -2.44. The molecule has 91 heavy (non-hydrogen) atoms. The largest absolute Gasteiger partial charge is 0.743 e. The number of aromatic hydroxyl groups is 1. The van der Waals surface area contributed by atoms with Gasteiger partial charge in [-0.2, -0.15) is 8.78 Å². The summed E-state index contributed by atoms with van der Waals surface area (Å²) in [5.74, 6) is -1.85. The van der Waals surface area contributed by atoms with Crippen LogP contribution >= 0.6 is 0 Å². The van der Waals surface area contributed by atoms with Crippen molar-refractivity contribution in [2.75, 3.05) is 0 Å². The number of phenols is 1. The van der Waals surface area contributed by atoms with Crippen molar-refractivity contribution in [1.82, 2.24) is 0 Å². The first kappa shape index (κ1) is 73.3. The zero-order valence-corrected chi connectivity index (χ0v) is 56.3. The maximum Gasteiger partial charge on any atom is 0.369 e. The second kappa shape index (κ2) is 29.9.